The molecule has 1 aromatic rings. The molecule has 4 heteroatoms. The minimum absolute atomic E-state index is 0.487. The third-order valence-corrected chi connectivity index (χ3v) is 3.28. The Hall–Kier alpha value is -0.350. The highest BCUT2D eigenvalue weighted by atomic mass is 79.9. The van der Waals surface area contributed by atoms with Gasteiger partial charge >= 0.3 is 0 Å². The molecule has 1 aliphatic heterocycles. The monoisotopic (exact) mass is 271 g/mol. The number of halogens is 1. The molecule has 15 heavy (non-hydrogen) atoms. The van der Waals surface area contributed by atoms with E-state index in [0.717, 1.165) is 11.1 Å². The molecule has 0 radical (unpaired) electrons. The van der Waals surface area contributed by atoms with Gasteiger partial charge < -0.3 is 4.57 Å². The molecule has 1 saturated heterocycles. The van der Waals surface area contributed by atoms with Gasteiger partial charge in [-0.2, -0.15) is 0 Å². The molecule has 0 saturated carbocycles. The van der Waals surface area contributed by atoms with E-state index >= 15 is 0 Å². The van der Waals surface area contributed by atoms with E-state index in [4.69, 9.17) is 0 Å². The lowest BCUT2D eigenvalue weighted by Crippen LogP contribution is -2.21. The number of imidazole rings is 1. The average Bonchev–Trinajstić information content (AvgIpc) is 2.75. The molecular formula is C11H18BrN3. The van der Waals surface area contributed by atoms with Crippen molar-refractivity contribution in [3.8, 4) is 0 Å². The minimum Gasteiger partial charge on any atom is -0.330 e. The van der Waals surface area contributed by atoms with Crippen LogP contribution in [0.1, 0.15) is 38.6 Å². The first-order chi connectivity index (χ1) is 7.16. The summed E-state index contributed by atoms with van der Waals surface area (Å²) in [6, 6.07) is 0.487. The Kier molecular flexibility index (Phi) is 3.46. The number of rotatable bonds is 3. The first-order valence-corrected chi connectivity index (χ1v) is 6.41. The lowest BCUT2D eigenvalue weighted by atomic mass is 10.4. The second-order valence-corrected chi connectivity index (χ2v) is 5.28. The quantitative estimate of drug-likeness (QED) is 0.843. The summed E-state index contributed by atoms with van der Waals surface area (Å²) in [7, 11) is 0. The number of hydrogen-bond acceptors (Lipinski definition) is 2. The normalized spacial score (nSPS) is 17.9. The smallest absolute Gasteiger partial charge is 0.124 e. The van der Waals surface area contributed by atoms with Crippen LogP contribution in [0.25, 0.3) is 0 Å². The van der Waals surface area contributed by atoms with Crippen LogP contribution in [-0.2, 0) is 6.54 Å². The van der Waals surface area contributed by atoms with Gasteiger partial charge in [0.15, 0.2) is 0 Å². The fraction of sp³-hybridized carbons (Fsp3) is 0.727. The molecule has 1 aliphatic rings. The van der Waals surface area contributed by atoms with Crippen LogP contribution >= 0.6 is 15.9 Å². The van der Waals surface area contributed by atoms with Crippen LogP contribution in [0.5, 0.6) is 0 Å². The molecule has 2 heterocycles. The predicted molar refractivity (Wildman–Crippen MR) is 64.8 cm³/mol. The van der Waals surface area contributed by atoms with Gasteiger partial charge in [-0.05, 0) is 55.7 Å². The zero-order valence-corrected chi connectivity index (χ0v) is 11.0. The van der Waals surface area contributed by atoms with Crippen LogP contribution in [0.3, 0.4) is 0 Å². The van der Waals surface area contributed by atoms with E-state index in [2.05, 4.69) is 50.4 Å². The topological polar surface area (TPSA) is 21.1 Å². The molecular weight excluding hydrogens is 254 g/mol. The summed E-state index contributed by atoms with van der Waals surface area (Å²) in [6.07, 6.45) is 4.75. The first kappa shape index (κ1) is 11.1. The molecule has 1 aromatic heterocycles. The summed E-state index contributed by atoms with van der Waals surface area (Å²) in [6.45, 7) is 7.83. The largest absolute Gasteiger partial charge is 0.330 e. The summed E-state index contributed by atoms with van der Waals surface area (Å²) in [5.74, 6) is 1.18. The highest BCUT2D eigenvalue weighted by Gasteiger charge is 2.16. The maximum absolute atomic E-state index is 4.53. The van der Waals surface area contributed by atoms with Crippen molar-refractivity contribution in [1.29, 1.82) is 0 Å². The fourth-order valence-corrected chi connectivity index (χ4v) is 2.53. The molecule has 0 unspecified atom stereocenters. The second-order valence-electron chi connectivity index (χ2n) is 4.46. The molecule has 0 aromatic carbocycles. The lowest BCUT2D eigenvalue weighted by Gasteiger charge is -2.17. The Morgan fingerprint density at radius 2 is 2.07 bits per heavy atom. The minimum atomic E-state index is 0.487. The Bertz CT molecular complexity index is 327. The van der Waals surface area contributed by atoms with Crippen molar-refractivity contribution in [2.45, 2.75) is 39.3 Å². The SMILES string of the molecule is CC(C)n1cc(Br)nc1CN1CCCC1. The molecule has 0 atom stereocenters. The number of aromatic nitrogens is 2. The summed E-state index contributed by atoms with van der Waals surface area (Å²) in [4.78, 5) is 7.01. The zero-order chi connectivity index (χ0) is 10.8. The molecule has 2 rings (SSSR count). The van der Waals surface area contributed by atoms with Gasteiger partial charge in [0.2, 0.25) is 0 Å². The Morgan fingerprint density at radius 3 is 2.67 bits per heavy atom. The predicted octanol–water partition coefficient (Wildman–Crippen LogP) is 2.82. The first-order valence-electron chi connectivity index (χ1n) is 5.62. The summed E-state index contributed by atoms with van der Waals surface area (Å²) in [5.41, 5.74) is 0. The fourth-order valence-electron chi connectivity index (χ4n) is 2.10. The van der Waals surface area contributed by atoms with E-state index in [1.807, 2.05) is 0 Å². The number of hydrogen-bond donors (Lipinski definition) is 0. The molecule has 0 N–H and O–H groups in total. The average molecular weight is 272 g/mol. The maximum atomic E-state index is 4.53. The Labute approximate surface area is 99.6 Å². The summed E-state index contributed by atoms with van der Waals surface area (Å²) < 4.78 is 3.20. The maximum Gasteiger partial charge on any atom is 0.124 e. The van der Waals surface area contributed by atoms with Gasteiger partial charge in [0, 0.05) is 12.2 Å². The van der Waals surface area contributed by atoms with Gasteiger partial charge in [-0.25, -0.2) is 4.98 Å². The van der Waals surface area contributed by atoms with Crippen molar-refractivity contribution in [2.75, 3.05) is 13.1 Å². The molecule has 0 aliphatic carbocycles. The molecule has 0 amide bonds. The highest BCUT2D eigenvalue weighted by molar-refractivity contribution is 9.10. The number of likely N-dealkylation sites (tertiary alicyclic amines) is 1. The lowest BCUT2D eigenvalue weighted by molar-refractivity contribution is 0.313. The highest BCUT2D eigenvalue weighted by Crippen LogP contribution is 2.18. The summed E-state index contributed by atoms with van der Waals surface area (Å²) >= 11 is 3.45. The van der Waals surface area contributed by atoms with Crippen molar-refractivity contribution in [2.24, 2.45) is 0 Å². The van der Waals surface area contributed by atoms with E-state index in [0.29, 0.717) is 6.04 Å². The Balaban J connectivity index is 2.11. The van der Waals surface area contributed by atoms with Crippen LogP contribution in [0.2, 0.25) is 0 Å². The van der Waals surface area contributed by atoms with Gasteiger partial charge in [-0.1, -0.05) is 0 Å². The van der Waals surface area contributed by atoms with Crippen LogP contribution < -0.4 is 0 Å². The third-order valence-electron chi connectivity index (χ3n) is 2.90. The summed E-state index contributed by atoms with van der Waals surface area (Å²) in [5, 5.41) is 0. The zero-order valence-electron chi connectivity index (χ0n) is 9.41. The van der Waals surface area contributed by atoms with E-state index < -0.39 is 0 Å². The molecule has 84 valence electrons. The number of nitrogens with zero attached hydrogens (tertiary/aromatic N) is 3. The molecule has 0 bridgehead atoms. The molecule has 3 nitrogen and oxygen atoms in total. The van der Waals surface area contributed by atoms with E-state index in [9.17, 15) is 0 Å². The van der Waals surface area contributed by atoms with Gasteiger partial charge in [0.05, 0.1) is 6.54 Å². The van der Waals surface area contributed by atoms with Gasteiger partial charge in [0.1, 0.15) is 10.4 Å². The van der Waals surface area contributed by atoms with Crippen molar-refractivity contribution in [3.63, 3.8) is 0 Å². The third kappa shape index (κ3) is 2.61. The van der Waals surface area contributed by atoms with Crippen LogP contribution in [0.15, 0.2) is 10.8 Å². The van der Waals surface area contributed by atoms with E-state index in [1.54, 1.807) is 0 Å². The molecule has 1 fully saturated rings. The standard InChI is InChI=1S/C11H18BrN3/c1-9(2)15-7-10(12)13-11(15)8-14-5-3-4-6-14/h7,9H,3-6,8H2,1-2H3. The van der Waals surface area contributed by atoms with Crippen molar-refractivity contribution < 1.29 is 0 Å². The molecule has 0 spiro atoms. The Morgan fingerprint density at radius 1 is 1.40 bits per heavy atom. The van der Waals surface area contributed by atoms with E-state index in [1.165, 1.54) is 31.8 Å². The van der Waals surface area contributed by atoms with Crippen LogP contribution in [-0.4, -0.2) is 27.5 Å². The van der Waals surface area contributed by atoms with Gasteiger partial charge in [-0.15, -0.1) is 0 Å². The van der Waals surface area contributed by atoms with Crippen LogP contribution in [0, 0.1) is 0 Å². The van der Waals surface area contributed by atoms with E-state index in [-0.39, 0.29) is 0 Å². The van der Waals surface area contributed by atoms with Crippen LogP contribution in [0.4, 0.5) is 0 Å². The van der Waals surface area contributed by atoms with Crippen molar-refractivity contribution >= 4 is 15.9 Å². The second kappa shape index (κ2) is 4.66. The van der Waals surface area contributed by atoms with Crippen molar-refractivity contribution in [3.05, 3.63) is 16.6 Å². The van der Waals surface area contributed by atoms with Gasteiger partial charge in [0.25, 0.3) is 0 Å². The van der Waals surface area contributed by atoms with Crippen molar-refractivity contribution in [1.82, 2.24) is 14.5 Å². The van der Waals surface area contributed by atoms with Gasteiger partial charge in [-0.3, -0.25) is 4.90 Å².